The van der Waals surface area contributed by atoms with Gasteiger partial charge in [-0.1, -0.05) is 25.3 Å². The molecule has 248 valence electrons. The zero-order chi connectivity index (χ0) is 34.4. The van der Waals surface area contributed by atoms with E-state index in [0.29, 0.717) is 42.8 Å². The van der Waals surface area contributed by atoms with Crippen LogP contribution in [0.2, 0.25) is 0 Å². The molecule has 1 aromatic carbocycles. The summed E-state index contributed by atoms with van der Waals surface area (Å²) in [5.41, 5.74) is -0.760. The second-order valence-electron chi connectivity index (χ2n) is 13.2. The molecule has 1 aromatic rings. The van der Waals surface area contributed by atoms with E-state index in [0.717, 1.165) is 11.1 Å². The summed E-state index contributed by atoms with van der Waals surface area (Å²) < 4.78 is 112. The van der Waals surface area contributed by atoms with Gasteiger partial charge < -0.3 is 14.6 Å². The van der Waals surface area contributed by atoms with Gasteiger partial charge in [-0.3, -0.25) is 9.35 Å². The van der Waals surface area contributed by atoms with Crippen LogP contribution in [0, 0.1) is 29.1 Å². The van der Waals surface area contributed by atoms with Gasteiger partial charge in [0.05, 0.1) is 16.5 Å². The number of aromatic carboxylic acids is 1. The zero-order valence-electron chi connectivity index (χ0n) is 25.8. The van der Waals surface area contributed by atoms with Crippen molar-refractivity contribution in [1.29, 1.82) is 0 Å². The van der Waals surface area contributed by atoms with Crippen LogP contribution in [0.25, 0.3) is 0 Å². The molecule has 19 heteroatoms. The maximum absolute atomic E-state index is 14.4. The van der Waals surface area contributed by atoms with Crippen LogP contribution in [0.15, 0.2) is 0 Å². The lowest BCUT2D eigenvalue weighted by Gasteiger charge is -2.73. The Morgan fingerprint density at radius 3 is 1.89 bits per heavy atom. The van der Waals surface area contributed by atoms with Crippen molar-refractivity contribution in [2.75, 3.05) is 0 Å². The predicted octanol–water partition coefficient (Wildman–Crippen LogP) is 0.224. The van der Waals surface area contributed by atoms with Gasteiger partial charge in [0.1, 0.15) is 37.0 Å². The van der Waals surface area contributed by atoms with Crippen LogP contribution in [-0.4, -0.2) is 90.5 Å². The zero-order valence-corrected chi connectivity index (χ0v) is 26.6. The molecule has 9 nitrogen and oxygen atoms in total. The van der Waals surface area contributed by atoms with E-state index in [2.05, 4.69) is 4.74 Å². The van der Waals surface area contributed by atoms with Crippen LogP contribution < -0.4 is 0 Å². The number of ether oxygens (including phenoxy) is 2. The minimum absolute atomic E-state index is 0.0349. The number of carbonyl (C=O) groups excluding carboxylic acids is 2. The lowest BCUT2D eigenvalue weighted by Crippen LogP contribution is -2.75. The third-order valence-electron chi connectivity index (χ3n) is 11.1. The van der Waals surface area contributed by atoms with Gasteiger partial charge in [-0.05, 0) is 65.7 Å². The normalized spacial score (nSPS) is 30.4. The van der Waals surface area contributed by atoms with Crippen LogP contribution in [-0.2, 0) is 49.7 Å². The smallest absolute Gasteiger partial charge is 0.432 e. The Morgan fingerprint density at radius 1 is 0.870 bits per heavy atom. The molecule has 0 aliphatic heterocycles. The van der Waals surface area contributed by atoms with Crippen LogP contribution in [0.1, 0.15) is 75.1 Å². The minimum Gasteiger partial charge on any atom is -0.478 e. The predicted molar refractivity (Wildman–Crippen MR) is 162 cm³/mol. The maximum atomic E-state index is 14.4. The molecule has 7 unspecified atom stereocenters. The first-order valence-electron chi connectivity index (χ1n) is 15.5. The van der Waals surface area contributed by atoms with E-state index in [-0.39, 0.29) is 54.6 Å². The summed E-state index contributed by atoms with van der Waals surface area (Å²) in [6.07, 6.45) is -8.17. The fraction of sp³-hybridized carbons (Fsp3) is 0.667. The van der Waals surface area contributed by atoms with E-state index in [9.17, 15) is 49.9 Å². The van der Waals surface area contributed by atoms with Crippen molar-refractivity contribution >= 4 is 59.4 Å². The van der Waals surface area contributed by atoms with E-state index in [1.807, 2.05) is 15.7 Å². The van der Waals surface area contributed by atoms with Gasteiger partial charge in [-0.2, -0.15) is 30.4 Å². The van der Waals surface area contributed by atoms with Gasteiger partial charge in [0, 0.05) is 12.3 Å². The molecule has 6 aliphatic carbocycles. The van der Waals surface area contributed by atoms with Crippen molar-refractivity contribution in [1.82, 2.24) is 0 Å². The Bertz CT molecular complexity index is 1610. The van der Waals surface area contributed by atoms with Gasteiger partial charge >= 0.3 is 39.5 Å². The Kier molecular flexibility index (Phi) is 8.52. The van der Waals surface area contributed by atoms with Crippen molar-refractivity contribution in [3.63, 3.8) is 0 Å². The van der Waals surface area contributed by atoms with Gasteiger partial charge in [0.2, 0.25) is 0 Å². The van der Waals surface area contributed by atoms with Crippen molar-refractivity contribution in [2.24, 2.45) is 29.1 Å². The summed E-state index contributed by atoms with van der Waals surface area (Å²) in [6, 6.07) is 0. The minimum atomic E-state index is -6.63. The number of halogens is 5. The number of esters is 2. The Labute approximate surface area is 266 Å². The summed E-state index contributed by atoms with van der Waals surface area (Å²) in [5.74, 6) is -5.43. The van der Waals surface area contributed by atoms with Gasteiger partial charge in [0.25, 0.3) is 6.10 Å². The third kappa shape index (κ3) is 4.92. The number of alkyl halides is 5. The molecule has 0 heterocycles. The highest BCUT2D eigenvalue weighted by Crippen LogP contribution is 2.76. The van der Waals surface area contributed by atoms with Crippen LogP contribution in [0.5, 0.6) is 0 Å². The average Bonchev–Trinajstić information content (AvgIpc) is 2.93. The molecule has 0 spiro atoms. The first kappa shape index (κ1) is 34.8. The van der Waals surface area contributed by atoms with Crippen molar-refractivity contribution in [2.45, 2.75) is 80.5 Å². The third-order valence-corrected chi connectivity index (χ3v) is 12.0. The Balaban J connectivity index is 1.56. The first-order chi connectivity index (χ1) is 21.2. The highest BCUT2D eigenvalue weighted by atomic mass is 32.2. The number of rotatable bonds is 11. The van der Waals surface area contributed by atoms with Gasteiger partial charge in [0.15, 0.2) is 0 Å². The fourth-order valence-electron chi connectivity index (χ4n) is 9.59. The largest absolute Gasteiger partial charge is 0.478 e. The fourth-order valence-corrected chi connectivity index (χ4v) is 10.0. The molecule has 7 rings (SSSR count). The summed E-state index contributed by atoms with van der Waals surface area (Å²) in [7, 11) is 0.726. The highest BCUT2D eigenvalue weighted by Gasteiger charge is 2.77. The molecule has 0 amide bonds. The quantitative estimate of drug-likeness (QED) is 0.146. The number of carboxylic acid groups (broad SMARTS) is 1. The number of hydrogen-bond acceptors (Lipinski definition) is 7. The molecule has 6 saturated carbocycles. The molecule has 7 atom stereocenters. The molecule has 6 fully saturated rings. The summed E-state index contributed by atoms with van der Waals surface area (Å²) in [5, 5.41) is 4.45. The van der Waals surface area contributed by atoms with Crippen LogP contribution in [0.4, 0.5) is 22.0 Å². The molecular weight excluding hydrogens is 639 g/mol. The van der Waals surface area contributed by atoms with Crippen molar-refractivity contribution < 1.29 is 63.9 Å². The van der Waals surface area contributed by atoms with Crippen molar-refractivity contribution in [3.8, 4) is 0 Å². The average molecular weight is 672 g/mol. The van der Waals surface area contributed by atoms with E-state index in [4.69, 9.17) is 9.29 Å². The van der Waals surface area contributed by atoms with Gasteiger partial charge in [-0.25, -0.2) is 9.59 Å². The van der Waals surface area contributed by atoms with Crippen LogP contribution >= 0.6 is 0 Å². The second-order valence-corrected chi connectivity index (χ2v) is 14.7. The molecular formula is C27H33B4F5O9S. The van der Waals surface area contributed by atoms with Crippen molar-refractivity contribution in [3.05, 3.63) is 33.4 Å². The highest BCUT2D eigenvalue weighted by molar-refractivity contribution is 7.86. The summed E-state index contributed by atoms with van der Waals surface area (Å²) >= 11 is 0. The molecule has 0 radical (unpaired) electrons. The molecule has 0 aromatic heterocycles. The number of carboxylic acids is 1. The number of carbonyl (C=O) groups is 3. The standard InChI is InChI=1S/C27H33B4F5O9S/c28-5-12-13(6-29)15(8-31)19(18(20(37)38)14(12)7-30)21(39)45-25-4-10-1-11-16(2-17(11)25)24(3-10,9-25)23(40)44-22(26(32,33)34)27(35,36)46(41,42)43/h10-11,16-17,22H,1-9,28-31H2,(H,37,38)(H,41,42,43). The number of benzene rings is 1. The molecule has 0 saturated heterocycles. The molecule has 2 N–H and O–H groups in total. The topological polar surface area (TPSA) is 144 Å². The lowest BCUT2D eigenvalue weighted by atomic mass is 9.32. The number of hydrogen-bond donors (Lipinski definition) is 2. The Morgan fingerprint density at radius 2 is 1.41 bits per heavy atom. The van der Waals surface area contributed by atoms with E-state index in [1.165, 1.54) is 0 Å². The van der Waals surface area contributed by atoms with E-state index >= 15 is 0 Å². The Hall–Kier alpha value is -2.55. The molecule has 6 aliphatic rings. The van der Waals surface area contributed by atoms with E-state index < -0.39 is 62.5 Å². The van der Waals surface area contributed by atoms with Gasteiger partial charge in [-0.15, -0.1) is 0 Å². The lowest BCUT2D eigenvalue weighted by molar-refractivity contribution is -0.305. The molecule has 6 bridgehead atoms. The van der Waals surface area contributed by atoms with E-state index in [1.54, 1.807) is 15.7 Å². The maximum Gasteiger partial charge on any atom is 0.432 e. The second kappa shape index (κ2) is 11.3. The van der Waals surface area contributed by atoms with Crippen LogP contribution in [0.3, 0.4) is 0 Å². The summed E-state index contributed by atoms with van der Waals surface area (Å²) in [6.45, 7) is 0. The summed E-state index contributed by atoms with van der Waals surface area (Å²) in [4.78, 5) is 40.5. The molecule has 46 heavy (non-hydrogen) atoms. The first-order valence-corrected chi connectivity index (χ1v) is 17.0. The monoisotopic (exact) mass is 672 g/mol. The SMILES string of the molecule is BCc1c(CB)c(CB)c(C(=O)OC23CC4CC5C2CC5C(C(=O)OC(C(F)(F)F)C(F)(F)S(=O)(=O)O)(C4)C3)c(C(=O)O)c1CB.